The molecule has 1 aromatic rings. The molecule has 0 saturated carbocycles. The maximum absolute atomic E-state index is 8.67. The molecule has 7 heteroatoms. The minimum atomic E-state index is -0.357. The maximum atomic E-state index is 8.67. The van der Waals surface area contributed by atoms with Crippen LogP contribution in [0.25, 0.3) is 0 Å². The molecule has 0 aromatic heterocycles. The lowest BCUT2D eigenvalue weighted by molar-refractivity contribution is 0.000647. The zero-order valence-electron chi connectivity index (χ0n) is 12.1. The van der Waals surface area contributed by atoms with Crippen LogP contribution in [0.3, 0.4) is 0 Å². The van der Waals surface area contributed by atoms with Crippen LogP contribution < -0.4 is 15.2 Å². The van der Waals surface area contributed by atoms with Gasteiger partial charge < -0.3 is 25.2 Å². The third kappa shape index (κ3) is 4.51. The molecule has 1 aliphatic heterocycles. The van der Waals surface area contributed by atoms with Gasteiger partial charge in [0, 0.05) is 19.6 Å². The number of oxime groups is 1. The Morgan fingerprint density at radius 2 is 2.14 bits per heavy atom. The SMILES string of the molecule is COc1ccc(OCCN2CCOC(C(N)=NO)C2)cc1. The number of benzene rings is 1. The van der Waals surface area contributed by atoms with Gasteiger partial charge in [-0.1, -0.05) is 5.16 Å². The molecule has 1 aliphatic rings. The molecule has 7 nitrogen and oxygen atoms in total. The Balaban J connectivity index is 1.74. The highest BCUT2D eigenvalue weighted by Gasteiger charge is 2.23. The van der Waals surface area contributed by atoms with Gasteiger partial charge in [-0.05, 0) is 24.3 Å². The zero-order valence-corrected chi connectivity index (χ0v) is 12.1. The standard InChI is InChI=1S/C14H21N3O4/c1-19-11-2-4-12(5-3-11)20-8-6-17-7-9-21-13(10-17)14(15)16-18/h2-5,13,18H,6-10H2,1H3,(H2,15,16). The van der Waals surface area contributed by atoms with Crippen molar-refractivity contribution in [3.63, 3.8) is 0 Å². The fraction of sp³-hybridized carbons (Fsp3) is 0.500. The van der Waals surface area contributed by atoms with Crippen LogP contribution in [0, 0.1) is 0 Å². The average molecular weight is 295 g/mol. The summed E-state index contributed by atoms with van der Waals surface area (Å²) >= 11 is 0. The summed E-state index contributed by atoms with van der Waals surface area (Å²) in [6.45, 7) is 3.28. The van der Waals surface area contributed by atoms with E-state index in [1.54, 1.807) is 7.11 Å². The second kappa shape index (κ2) is 7.70. The topological polar surface area (TPSA) is 89.5 Å². The monoisotopic (exact) mass is 295 g/mol. The Kier molecular flexibility index (Phi) is 5.65. The highest BCUT2D eigenvalue weighted by molar-refractivity contribution is 5.84. The first-order valence-electron chi connectivity index (χ1n) is 6.81. The van der Waals surface area contributed by atoms with E-state index in [1.165, 1.54) is 0 Å². The van der Waals surface area contributed by atoms with Gasteiger partial charge in [-0.2, -0.15) is 0 Å². The molecule has 0 spiro atoms. The van der Waals surface area contributed by atoms with E-state index in [0.717, 1.165) is 24.6 Å². The van der Waals surface area contributed by atoms with Gasteiger partial charge in [0.2, 0.25) is 0 Å². The van der Waals surface area contributed by atoms with Crippen molar-refractivity contribution in [1.29, 1.82) is 0 Å². The predicted molar refractivity (Wildman–Crippen MR) is 78.1 cm³/mol. The molecule has 0 bridgehead atoms. The second-order valence-corrected chi connectivity index (χ2v) is 4.71. The van der Waals surface area contributed by atoms with E-state index in [1.807, 2.05) is 24.3 Å². The summed E-state index contributed by atoms with van der Waals surface area (Å²) in [5.74, 6) is 1.71. The van der Waals surface area contributed by atoms with Crippen LogP contribution in [0.2, 0.25) is 0 Å². The smallest absolute Gasteiger partial charge is 0.169 e. The number of nitrogens with zero attached hydrogens (tertiary/aromatic N) is 2. The molecular formula is C14H21N3O4. The molecule has 1 fully saturated rings. The van der Waals surface area contributed by atoms with E-state index in [9.17, 15) is 0 Å². The van der Waals surface area contributed by atoms with Crippen molar-refractivity contribution in [2.45, 2.75) is 6.10 Å². The van der Waals surface area contributed by atoms with Gasteiger partial charge in [-0.25, -0.2) is 0 Å². The van der Waals surface area contributed by atoms with Crippen LogP contribution >= 0.6 is 0 Å². The van der Waals surface area contributed by atoms with Crippen molar-refractivity contribution in [2.75, 3.05) is 40.0 Å². The molecule has 21 heavy (non-hydrogen) atoms. The largest absolute Gasteiger partial charge is 0.497 e. The molecule has 0 amide bonds. The van der Waals surface area contributed by atoms with E-state index in [4.69, 9.17) is 25.2 Å². The molecule has 1 saturated heterocycles. The van der Waals surface area contributed by atoms with E-state index < -0.39 is 0 Å². The normalized spacial score (nSPS) is 20.2. The minimum Gasteiger partial charge on any atom is -0.497 e. The molecule has 116 valence electrons. The lowest BCUT2D eigenvalue weighted by Gasteiger charge is -2.31. The number of rotatable bonds is 6. The fourth-order valence-corrected chi connectivity index (χ4v) is 2.11. The summed E-state index contributed by atoms with van der Waals surface area (Å²) in [7, 11) is 1.63. The minimum absolute atomic E-state index is 0.107. The molecule has 3 N–H and O–H groups in total. The summed E-state index contributed by atoms with van der Waals surface area (Å²) in [4.78, 5) is 2.16. The van der Waals surface area contributed by atoms with Crippen LogP contribution in [-0.4, -0.2) is 62.0 Å². The van der Waals surface area contributed by atoms with E-state index >= 15 is 0 Å². The molecule has 2 rings (SSSR count). The quantitative estimate of drug-likeness (QED) is 0.344. The van der Waals surface area contributed by atoms with Crippen LogP contribution in [0.1, 0.15) is 0 Å². The highest BCUT2D eigenvalue weighted by Crippen LogP contribution is 2.17. The van der Waals surface area contributed by atoms with Gasteiger partial charge in [0.15, 0.2) is 5.84 Å². The van der Waals surface area contributed by atoms with Crippen molar-refractivity contribution in [3.05, 3.63) is 24.3 Å². The van der Waals surface area contributed by atoms with Gasteiger partial charge in [0.25, 0.3) is 0 Å². The van der Waals surface area contributed by atoms with Crippen molar-refractivity contribution in [3.8, 4) is 11.5 Å². The number of amidine groups is 1. The van der Waals surface area contributed by atoms with Crippen LogP contribution in [0.15, 0.2) is 29.4 Å². The van der Waals surface area contributed by atoms with Crippen LogP contribution in [-0.2, 0) is 4.74 Å². The number of morpholine rings is 1. The van der Waals surface area contributed by atoms with Gasteiger partial charge in [-0.15, -0.1) is 0 Å². The number of hydrogen-bond donors (Lipinski definition) is 2. The highest BCUT2D eigenvalue weighted by atomic mass is 16.5. The number of hydrogen-bond acceptors (Lipinski definition) is 6. The Bertz CT molecular complexity index is 464. The number of nitrogens with two attached hydrogens (primary N) is 1. The first-order chi connectivity index (χ1) is 10.2. The fourth-order valence-electron chi connectivity index (χ4n) is 2.11. The number of methoxy groups -OCH3 is 1. The third-order valence-corrected chi connectivity index (χ3v) is 3.33. The third-order valence-electron chi connectivity index (χ3n) is 3.33. The van der Waals surface area contributed by atoms with Gasteiger partial charge >= 0.3 is 0 Å². The predicted octanol–water partition coefficient (Wildman–Crippen LogP) is 0.521. The second-order valence-electron chi connectivity index (χ2n) is 4.71. The van der Waals surface area contributed by atoms with E-state index in [0.29, 0.717) is 19.8 Å². The van der Waals surface area contributed by atoms with Crippen molar-refractivity contribution in [1.82, 2.24) is 4.90 Å². The van der Waals surface area contributed by atoms with Crippen LogP contribution in [0.5, 0.6) is 11.5 Å². The Morgan fingerprint density at radius 1 is 1.43 bits per heavy atom. The Hall–Kier alpha value is -1.99. The van der Waals surface area contributed by atoms with E-state index in [-0.39, 0.29) is 11.9 Å². The van der Waals surface area contributed by atoms with Gasteiger partial charge in [0.05, 0.1) is 13.7 Å². The summed E-state index contributed by atoms with van der Waals surface area (Å²) in [6.07, 6.45) is -0.357. The maximum Gasteiger partial charge on any atom is 0.169 e. The van der Waals surface area contributed by atoms with Crippen molar-refractivity contribution < 1.29 is 19.4 Å². The average Bonchev–Trinajstić information content (AvgIpc) is 2.55. The lowest BCUT2D eigenvalue weighted by Crippen LogP contribution is -2.49. The first-order valence-corrected chi connectivity index (χ1v) is 6.81. The molecule has 1 unspecified atom stereocenters. The van der Waals surface area contributed by atoms with Crippen LogP contribution in [0.4, 0.5) is 0 Å². The number of ether oxygens (including phenoxy) is 3. The summed E-state index contributed by atoms with van der Waals surface area (Å²) < 4.78 is 16.2. The molecule has 0 aliphatic carbocycles. The Morgan fingerprint density at radius 3 is 2.81 bits per heavy atom. The van der Waals surface area contributed by atoms with Gasteiger partial charge in [0.1, 0.15) is 24.2 Å². The summed E-state index contributed by atoms with van der Waals surface area (Å²) in [6, 6.07) is 7.46. The molecule has 1 aromatic carbocycles. The molecule has 1 atom stereocenters. The van der Waals surface area contributed by atoms with Gasteiger partial charge in [-0.3, -0.25) is 4.90 Å². The Labute approximate surface area is 123 Å². The van der Waals surface area contributed by atoms with Crippen molar-refractivity contribution in [2.24, 2.45) is 10.9 Å². The first kappa shape index (κ1) is 15.4. The molecule has 0 radical (unpaired) electrons. The summed E-state index contributed by atoms with van der Waals surface area (Å²) in [5, 5.41) is 11.7. The zero-order chi connectivity index (χ0) is 15.1. The van der Waals surface area contributed by atoms with Crippen molar-refractivity contribution >= 4 is 5.84 Å². The molecule has 1 heterocycles. The summed E-state index contributed by atoms with van der Waals surface area (Å²) in [5.41, 5.74) is 5.56. The molecular weight excluding hydrogens is 274 g/mol. The van der Waals surface area contributed by atoms with E-state index in [2.05, 4.69) is 10.1 Å². The lowest BCUT2D eigenvalue weighted by atomic mass is 10.2.